The first kappa shape index (κ1) is 14.6. The molecule has 0 aliphatic carbocycles. The smallest absolute Gasteiger partial charge is 0.231 e. The lowest BCUT2D eigenvalue weighted by molar-refractivity contribution is -0.134. The van der Waals surface area contributed by atoms with E-state index in [9.17, 15) is 4.79 Å². The lowest BCUT2D eigenvalue weighted by Crippen LogP contribution is -2.50. The summed E-state index contributed by atoms with van der Waals surface area (Å²) in [6.45, 7) is 4.12. The lowest BCUT2D eigenvalue weighted by Gasteiger charge is -2.35. The Kier molecular flexibility index (Phi) is 5.16. The normalized spacial score (nSPS) is 17.5. The fourth-order valence-corrected chi connectivity index (χ4v) is 2.54. The first-order valence-corrected chi connectivity index (χ1v) is 6.96. The van der Waals surface area contributed by atoms with Crippen LogP contribution in [0.5, 0.6) is 0 Å². The summed E-state index contributed by atoms with van der Waals surface area (Å²) in [5, 5.41) is 0. The molecule has 106 valence electrons. The monoisotopic (exact) mass is 271 g/mol. The maximum atomic E-state index is 12.6. The van der Waals surface area contributed by atoms with Gasteiger partial charge in [-0.15, -0.1) is 6.42 Å². The van der Waals surface area contributed by atoms with Gasteiger partial charge in [0.2, 0.25) is 5.91 Å². The van der Waals surface area contributed by atoms with Gasteiger partial charge >= 0.3 is 0 Å². The van der Waals surface area contributed by atoms with Gasteiger partial charge in [0.05, 0.1) is 12.5 Å². The number of piperazine rings is 1. The van der Waals surface area contributed by atoms with Crippen LogP contribution in [0.15, 0.2) is 30.3 Å². The highest BCUT2D eigenvalue weighted by Crippen LogP contribution is 2.18. The number of rotatable bonds is 4. The molecule has 1 atom stereocenters. The SMILES string of the molecule is C#CCN1CCN(C(=O)C(CN)c2ccccc2)CC1. The number of nitrogens with two attached hydrogens (primary N) is 1. The predicted octanol–water partition coefficient (Wildman–Crippen LogP) is 0.506. The maximum Gasteiger partial charge on any atom is 0.231 e. The average molecular weight is 271 g/mol. The Morgan fingerprint density at radius 1 is 1.25 bits per heavy atom. The zero-order valence-electron chi connectivity index (χ0n) is 11.7. The van der Waals surface area contributed by atoms with Crippen molar-refractivity contribution in [2.45, 2.75) is 5.92 Å². The van der Waals surface area contributed by atoms with Gasteiger partial charge in [-0.2, -0.15) is 0 Å². The quantitative estimate of drug-likeness (QED) is 0.812. The third-order valence-electron chi connectivity index (χ3n) is 3.73. The Bertz CT molecular complexity index is 472. The van der Waals surface area contributed by atoms with Crippen molar-refractivity contribution in [1.82, 2.24) is 9.80 Å². The van der Waals surface area contributed by atoms with E-state index in [0.717, 1.165) is 31.7 Å². The first-order chi connectivity index (χ1) is 9.76. The summed E-state index contributed by atoms with van der Waals surface area (Å²) in [7, 11) is 0. The minimum atomic E-state index is -0.240. The molecule has 0 spiro atoms. The van der Waals surface area contributed by atoms with Gasteiger partial charge in [0.15, 0.2) is 0 Å². The molecule has 1 fully saturated rings. The van der Waals surface area contributed by atoms with Crippen molar-refractivity contribution in [1.29, 1.82) is 0 Å². The number of carbonyl (C=O) groups is 1. The van der Waals surface area contributed by atoms with Crippen LogP contribution in [0.25, 0.3) is 0 Å². The molecule has 1 aliphatic rings. The summed E-state index contributed by atoms with van der Waals surface area (Å²) in [5.74, 6) is 2.53. The van der Waals surface area contributed by atoms with Crippen LogP contribution < -0.4 is 5.73 Å². The molecule has 1 saturated heterocycles. The molecule has 0 aromatic heterocycles. The zero-order chi connectivity index (χ0) is 14.4. The van der Waals surface area contributed by atoms with E-state index in [-0.39, 0.29) is 11.8 Å². The van der Waals surface area contributed by atoms with E-state index in [0.29, 0.717) is 13.1 Å². The van der Waals surface area contributed by atoms with Crippen molar-refractivity contribution in [3.8, 4) is 12.3 Å². The van der Waals surface area contributed by atoms with E-state index in [4.69, 9.17) is 12.2 Å². The number of hydrogen-bond acceptors (Lipinski definition) is 3. The highest BCUT2D eigenvalue weighted by atomic mass is 16.2. The molecule has 4 nitrogen and oxygen atoms in total. The molecule has 0 radical (unpaired) electrons. The minimum absolute atomic E-state index is 0.124. The van der Waals surface area contributed by atoms with Crippen LogP contribution in [0.2, 0.25) is 0 Å². The van der Waals surface area contributed by atoms with Crippen molar-refractivity contribution >= 4 is 5.91 Å². The van der Waals surface area contributed by atoms with E-state index in [1.54, 1.807) is 0 Å². The second kappa shape index (κ2) is 7.09. The van der Waals surface area contributed by atoms with Crippen LogP contribution in [-0.2, 0) is 4.79 Å². The van der Waals surface area contributed by atoms with Crippen molar-refractivity contribution in [2.24, 2.45) is 5.73 Å². The molecule has 4 heteroatoms. The number of carbonyl (C=O) groups excluding carboxylic acids is 1. The number of benzene rings is 1. The van der Waals surface area contributed by atoms with E-state index in [1.807, 2.05) is 35.2 Å². The fourth-order valence-electron chi connectivity index (χ4n) is 2.54. The fraction of sp³-hybridized carbons (Fsp3) is 0.438. The molecule has 2 N–H and O–H groups in total. The number of amides is 1. The Morgan fingerprint density at radius 3 is 2.45 bits per heavy atom. The molecule has 0 bridgehead atoms. The summed E-state index contributed by atoms with van der Waals surface area (Å²) in [6, 6.07) is 9.75. The van der Waals surface area contributed by atoms with Gasteiger partial charge in [-0.3, -0.25) is 9.69 Å². The molecule has 1 heterocycles. The Labute approximate surface area is 120 Å². The third kappa shape index (κ3) is 3.38. The summed E-state index contributed by atoms with van der Waals surface area (Å²) in [4.78, 5) is 16.7. The van der Waals surface area contributed by atoms with E-state index in [1.165, 1.54) is 0 Å². The van der Waals surface area contributed by atoms with E-state index in [2.05, 4.69) is 10.8 Å². The highest BCUT2D eigenvalue weighted by Gasteiger charge is 2.27. The Morgan fingerprint density at radius 2 is 1.90 bits per heavy atom. The first-order valence-electron chi connectivity index (χ1n) is 6.96. The summed E-state index contributed by atoms with van der Waals surface area (Å²) >= 11 is 0. The molecule has 1 unspecified atom stereocenters. The lowest BCUT2D eigenvalue weighted by atomic mass is 9.97. The topological polar surface area (TPSA) is 49.6 Å². The van der Waals surface area contributed by atoms with Crippen molar-refractivity contribution in [3.63, 3.8) is 0 Å². The van der Waals surface area contributed by atoms with Crippen LogP contribution in [0.4, 0.5) is 0 Å². The molecule has 1 aromatic carbocycles. The second-order valence-corrected chi connectivity index (χ2v) is 5.00. The van der Waals surface area contributed by atoms with Gasteiger partial charge in [0.25, 0.3) is 0 Å². The summed E-state index contributed by atoms with van der Waals surface area (Å²) in [6.07, 6.45) is 5.31. The van der Waals surface area contributed by atoms with Gasteiger partial charge in [-0.25, -0.2) is 0 Å². The summed E-state index contributed by atoms with van der Waals surface area (Å²) in [5.41, 5.74) is 6.79. The molecular formula is C16H21N3O. The minimum Gasteiger partial charge on any atom is -0.340 e. The Balaban J connectivity index is 1.99. The van der Waals surface area contributed by atoms with Crippen LogP contribution in [0, 0.1) is 12.3 Å². The largest absolute Gasteiger partial charge is 0.340 e. The second-order valence-electron chi connectivity index (χ2n) is 5.00. The van der Waals surface area contributed by atoms with Crippen molar-refractivity contribution in [2.75, 3.05) is 39.3 Å². The molecule has 1 amide bonds. The summed E-state index contributed by atoms with van der Waals surface area (Å²) < 4.78 is 0. The zero-order valence-corrected chi connectivity index (χ0v) is 11.7. The standard InChI is InChI=1S/C16H21N3O/c1-2-8-18-9-11-19(12-10-18)16(20)15(13-17)14-6-4-3-5-7-14/h1,3-7,15H,8-13,17H2. The van der Waals surface area contributed by atoms with Crippen molar-refractivity contribution in [3.05, 3.63) is 35.9 Å². The van der Waals surface area contributed by atoms with Gasteiger partial charge in [0.1, 0.15) is 0 Å². The van der Waals surface area contributed by atoms with Crippen LogP contribution in [-0.4, -0.2) is 55.0 Å². The molecule has 2 rings (SSSR count). The number of hydrogen-bond donors (Lipinski definition) is 1. The van der Waals surface area contributed by atoms with Gasteiger partial charge in [-0.05, 0) is 5.56 Å². The van der Waals surface area contributed by atoms with E-state index < -0.39 is 0 Å². The Hall–Kier alpha value is -1.83. The number of terminal acetylenes is 1. The molecule has 1 aliphatic heterocycles. The van der Waals surface area contributed by atoms with Crippen molar-refractivity contribution < 1.29 is 4.79 Å². The van der Waals surface area contributed by atoms with Gasteiger partial charge in [0, 0.05) is 32.7 Å². The van der Waals surface area contributed by atoms with Crippen LogP contribution in [0.1, 0.15) is 11.5 Å². The molecular weight excluding hydrogens is 250 g/mol. The van der Waals surface area contributed by atoms with Gasteiger partial charge < -0.3 is 10.6 Å². The van der Waals surface area contributed by atoms with Gasteiger partial charge in [-0.1, -0.05) is 36.3 Å². The molecule has 1 aromatic rings. The number of nitrogens with zero attached hydrogens (tertiary/aromatic N) is 2. The third-order valence-corrected chi connectivity index (χ3v) is 3.73. The van der Waals surface area contributed by atoms with Crippen LogP contribution >= 0.6 is 0 Å². The van der Waals surface area contributed by atoms with E-state index >= 15 is 0 Å². The average Bonchev–Trinajstić information content (AvgIpc) is 2.50. The predicted molar refractivity (Wildman–Crippen MR) is 80.1 cm³/mol. The molecule has 0 saturated carbocycles. The van der Waals surface area contributed by atoms with Crippen LogP contribution in [0.3, 0.4) is 0 Å². The maximum absolute atomic E-state index is 12.6. The highest BCUT2D eigenvalue weighted by molar-refractivity contribution is 5.84. The molecule has 20 heavy (non-hydrogen) atoms.